The summed E-state index contributed by atoms with van der Waals surface area (Å²) in [4.78, 5) is 21.5. The van der Waals surface area contributed by atoms with Gasteiger partial charge in [0.2, 0.25) is 0 Å². The van der Waals surface area contributed by atoms with Gasteiger partial charge in [-0.3, -0.25) is 4.79 Å². The van der Waals surface area contributed by atoms with E-state index in [-0.39, 0.29) is 12.1 Å². The van der Waals surface area contributed by atoms with E-state index in [1.807, 2.05) is 0 Å². The normalized spacial score (nSPS) is 10.3. The number of amides is 1. The molecule has 4 nitrogen and oxygen atoms in total. The van der Waals surface area contributed by atoms with Crippen molar-refractivity contribution >= 4 is 21.8 Å². The van der Waals surface area contributed by atoms with Crippen LogP contribution in [0.4, 0.5) is 4.39 Å². The topological polar surface area (TPSA) is 46.1 Å². The minimum atomic E-state index is -0.555. The van der Waals surface area contributed by atoms with E-state index in [0.29, 0.717) is 10.3 Å². The lowest BCUT2D eigenvalue weighted by Gasteiger charge is -2.16. The number of benzene rings is 1. The fraction of sp³-hybridized carbons (Fsp3) is 0.154. The highest BCUT2D eigenvalue weighted by atomic mass is 79.9. The second-order valence-corrected chi connectivity index (χ2v) is 4.87. The number of carbonyl (C=O) groups excluding carboxylic acids is 1. The van der Waals surface area contributed by atoms with Crippen molar-refractivity contribution in [2.45, 2.75) is 6.54 Å². The maximum Gasteiger partial charge on any atom is 0.256 e. The molecule has 0 spiro atoms. The van der Waals surface area contributed by atoms with E-state index in [9.17, 15) is 9.18 Å². The molecule has 0 N–H and O–H groups in total. The zero-order valence-corrected chi connectivity index (χ0v) is 11.8. The molecule has 1 aromatic heterocycles. The quantitative estimate of drug-likeness (QED) is 0.872. The Morgan fingerprint density at radius 2 is 2.05 bits per heavy atom. The van der Waals surface area contributed by atoms with Crippen molar-refractivity contribution < 1.29 is 9.18 Å². The zero-order valence-electron chi connectivity index (χ0n) is 10.2. The van der Waals surface area contributed by atoms with Gasteiger partial charge in [0.05, 0.1) is 12.1 Å². The van der Waals surface area contributed by atoms with Crippen LogP contribution in [0.15, 0.2) is 41.1 Å². The van der Waals surface area contributed by atoms with Gasteiger partial charge in [0.1, 0.15) is 11.6 Å². The highest BCUT2D eigenvalue weighted by molar-refractivity contribution is 9.10. The molecular weight excluding hydrogens is 313 g/mol. The second kappa shape index (κ2) is 5.88. The van der Waals surface area contributed by atoms with Crippen LogP contribution in [0.5, 0.6) is 0 Å². The van der Waals surface area contributed by atoms with Gasteiger partial charge in [0, 0.05) is 23.9 Å². The van der Waals surface area contributed by atoms with E-state index in [0.717, 1.165) is 0 Å². The summed E-state index contributed by atoms with van der Waals surface area (Å²) in [5, 5.41) is 0. The Morgan fingerprint density at radius 3 is 2.68 bits per heavy atom. The monoisotopic (exact) mass is 323 g/mol. The number of aromatic nitrogens is 2. The predicted molar refractivity (Wildman–Crippen MR) is 71.9 cm³/mol. The van der Waals surface area contributed by atoms with Gasteiger partial charge in [0.25, 0.3) is 5.91 Å². The number of rotatable bonds is 3. The Labute approximate surface area is 118 Å². The summed E-state index contributed by atoms with van der Waals surface area (Å²) in [6, 6.07) is 6.03. The largest absolute Gasteiger partial charge is 0.334 e. The average Bonchev–Trinajstić information content (AvgIpc) is 2.39. The number of hydrogen-bond donors (Lipinski definition) is 0. The SMILES string of the molecule is CN(Cc1ncccn1)C(=O)c1ccc(Br)cc1F. The summed E-state index contributed by atoms with van der Waals surface area (Å²) in [5.41, 5.74) is 0.0293. The van der Waals surface area contributed by atoms with Crippen molar-refractivity contribution in [1.29, 1.82) is 0 Å². The number of hydrogen-bond acceptors (Lipinski definition) is 3. The van der Waals surface area contributed by atoms with Crippen LogP contribution in [0.2, 0.25) is 0 Å². The van der Waals surface area contributed by atoms with Crippen molar-refractivity contribution in [3.05, 3.63) is 58.3 Å². The van der Waals surface area contributed by atoms with E-state index in [1.165, 1.54) is 17.0 Å². The molecule has 0 radical (unpaired) electrons. The molecule has 1 aromatic carbocycles. The lowest BCUT2D eigenvalue weighted by molar-refractivity contribution is 0.0777. The molecule has 2 aromatic rings. The Bertz CT molecular complexity index is 592. The van der Waals surface area contributed by atoms with Gasteiger partial charge in [-0.05, 0) is 24.3 Å². The Hall–Kier alpha value is -1.82. The van der Waals surface area contributed by atoms with Crippen molar-refractivity contribution in [2.24, 2.45) is 0 Å². The van der Waals surface area contributed by atoms with Crippen LogP contribution in [0, 0.1) is 5.82 Å². The molecule has 19 heavy (non-hydrogen) atoms. The van der Waals surface area contributed by atoms with Crippen LogP contribution < -0.4 is 0 Å². The number of nitrogens with zero attached hydrogens (tertiary/aromatic N) is 3. The first kappa shape index (κ1) is 13.6. The van der Waals surface area contributed by atoms with E-state index >= 15 is 0 Å². The van der Waals surface area contributed by atoms with Crippen molar-refractivity contribution in [3.63, 3.8) is 0 Å². The molecule has 0 aliphatic rings. The Morgan fingerprint density at radius 1 is 1.37 bits per heavy atom. The van der Waals surface area contributed by atoms with E-state index in [4.69, 9.17) is 0 Å². The summed E-state index contributed by atoms with van der Waals surface area (Å²) >= 11 is 3.15. The van der Waals surface area contributed by atoms with Crippen molar-refractivity contribution in [1.82, 2.24) is 14.9 Å². The zero-order chi connectivity index (χ0) is 13.8. The minimum absolute atomic E-state index is 0.0293. The second-order valence-electron chi connectivity index (χ2n) is 3.95. The van der Waals surface area contributed by atoms with Crippen molar-refractivity contribution in [3.8, 4) is 0 Å². The van der Waals surface area contributed by atoms with Crippen LogP contribution in [-0.2, 0) is 6.54 Å². The van der Waals surface area contributed by atoms with Crippen LogP contribution in [0.3, 0.4) is 0 Å². The van der Waals surface area contributed by atoms with Crippen LogP contribution in [-0.4, -0.2) is 27.8 Å². The molecule has 0 aliphatic heterocycles. The Balaban J connectivity index is 2.15. The van der Waals surface area contributed by atoms with Gasteiger partial charge in [-0.1, -0.05) is 15.9 Å². The number of halogens is 2. The maximum absolute atomic E-state index is 13.7. The molecule has 0 atom stereocenters. The lowest BCUT2D eigenvalue weighted by Crippen LogP contribution is -2.27. The fourth-order valence-electron chi connectivity index (χ4n) is 1.56. The molecule has 6 heteroatoms. The molecule has 2 rings (SSSR count). The van der Waals surface area contributed by atoms with Crippen LogP contribution >= 0.6 is 15.9 Å². The minimum Gasteiger partial charge on any atom is -0.334 e. The van der Waals surface area contributed by atoms with Gasteiger partial charge in [-0.25, -0.2) is 14.4 Å². The summed E-state index contributed by atoms with van der Waals surface area (Å²) in [7, 11) is 1.58. The maximum atomic E-state index is 13.7. The molecule has 1 amide bonds. The average molecular weight is 324 g/mol. The fourth-order valence-corrected chi connectivity index (χ4v) is 1.90. The third-order valence-electron chi connectivity index (χ3n) is 2.51. The van der Waals surface area contributed by atoms with E-state index < -0.39 is 11.7 Å². The highest BCUT2D eigenvalue weighted by Gasteiger charge is 2.17. The van der Waals surface area contributed by atoms with E-state index in [1.54, 1.807) is 31.6 Å². The van der Waals surface area contributed by atoms with Gasteiger partial charge in [0.15, 0.2) is 0 Å². The molecule has 0 unspecified atom stereocenters. The number of carbonyl (C=O) groups is 1. The molecule has 0 saturated heterocycles. The van der Waals surface area contributed by atoms with Crippen LogP contribution in [0.25, 0.3) is 0 Å². The molecular formula is C13H11BrFN3O. The molecule has 98 valence electrons. The third kappa shape index (κ3) is 3.35. The Kier molecular flexibility index (Phi) is 4.21. The molecule has 0 saturated carbocycles. The lowest BCUT2D eigenvalue weighted by atomic mass is 10.2. The first-order valence-corrected chi connectivity index (χ1v) is 6.33. The first-order chi connectivity index (χ1) is 9.08. The summed E-state index contributed by atoms with van der Waals surface area (Å²) < 4.78 is 14.3. The molecule has 0 aliphatic carbocycles. The summed E-state index contributed by atoms with van der Waals surface area (Å²) in [6.45, 7) is 0.231. The van der Waals surface area contributed by atoms with Gasteiger partial charge in [-0.15, -0.1) is 0 Å². The molecule has 0 fully saturated rings. The van der Waals surface area contributed by atoms with Crippen LogP contribution in [0.1, 0.15) is 16.2 Å². The van der Waals surface area contributed by atoms with Gasteiger partial charge < -0.3 is 4.90 Å². The van der Waals surface area contributed by atoms with Gasteiger partial charge in [-0.2, -0.15) is 0 Å². The van der Waals surface area contributed by atoms with Gasteiger partial charge >= 0.3 is 0 Å². The summed E-state index contributed by atoms with van der Waals surface area (Å²) in [6.07, 6.45) is 3.20. The summed E-state index contributed by atoms with van der Waals surface area (Å²) in [5.74, 6) is -0.450. The molecule has 0 bridgehead atoms. The van der Waals surface area contributed by atoms with E-state index in [2.05, 4.69) is 25.9 Å². The third-order valence-corrected chi connectivity index (χ3v) is 3.00. The predicted octanol–water partition coefficient (Wildman–Crippen LogP) is 2.65. The van der Waals surface area contributed by atoms with Crippen molar-refractivity contribution in [2.75, 3.05) is 7.05 Å². The first-order valence-electron chi connectivity index (χ1n) is 5.54. The standard InChI is InChI=1S/C13H11BrFN3O/c1-18(8-12-16-5-2-6-17-12)13(19)10-4-3-9(14)7-11(10)15/h2-7H,8H2,1H3. The highest BCUT2D eigenvalue weighted by Crippen LogP contribution is 2.16. The molecule has 1 heterocycles. The smallest absolute Gasteiger partial charge is 0.256 e.